The highest BCUT2D eigenvalue weighted by atomic mass is 35.5. The second-order valence-corrected chi connectivity index (χ2v) is 7.61. The van der Waals surface area contributed by atoms with Gasteiger partial charge in [-0.3, -0.25) is 9.59 Å². The van der Waals surface area contributed by atoms with E-state index in [1.807, 2.05) is 48.5 Å². The number of nitrogens with zero attached hydrogens (tertiary/aromatic N) is 4. The van der Waals surface area contributed by atoms with E-state index in [1.165, 1.54) is 4.52 Å². The summed E-state index contributed by atoms with van der Waals surface area (Å²) >= 11 is 6.00. The van der Waals surface area contributed by atoms with E-state index in [4.69, 9.17) is 11.6 Å². The van der Waals surface area contributed by atoms with E-state index >= 15 is 0 Å². The van der Waals surface area contributed by atoms with E-state index in [2.05, 4.69) is 25.7 Å². The summed E-state index contributed by atoms with van der Waals surface area (Å²) in [5.74, 6) is -0.985. The highest BCUT2D eigenvalue weighted by Crippen LogP contribution is 2.24. The Labute approximate surface area is 188 Å². The fourth-order valence-electron chi connectivity index (χ4n) is 3.66. The maximum Gasteiger partial charge on any atom is 0.273 e. The van der Waals surface area contributed by atoms with Crippen molar-refractivity contribution in [3.63, 3.8) is 0 Å². The summed E-state index contributed by atoms with van der Waals surface area (Å²) in [4.78, 5) is 35.1. The van der Waals surface area contributed by atoms with Crippen LogP contribution in [0.5, 0.6) is 0 Å². The number of nitrogens with one attached hydrogen (secondary N) is 2. The van der Waals surface area contributed by atoms with E-state index in [-0.39, 0.29) is 10.8 Å². The zero-order valence-corrected chi connectivity index (χ0v) is 17.7. The van der Waals surface area contributed by atoms with Crippen molar-refractivity contribution in [1.82, 2.24) is 19.9 Å². The van der Waals surface area contributed by atoms with Gasteiger partial charge >= 0.3 is 0 Å². The van der Waals surface area contributed by atoms with Crippen molar-refractivity contribution in [2.75, 3.05) is 5.32 Å². The lowest BCUT2D eigenvalue weighted by Gasteiger charge is -2.13. The van der Waals surface area contributed by atoms with Gasteiger partial charge in [-0.25, -0.2) is 14.5 Å². The maximum atomic E-state index is 13.2. The first-order chi connectivity index (χ1) is 15.5. The van der Waals surface area contributed by atoms with Gasteiger partial charge < -0.3 is 10.6 Å². The third kappa shape index (κ3) is 3.50. The number of halogens is 1. The van der Waals surface area contributed by atoms with Crippen molar-refractivity contribution < 1.29 is 9.59 Å². The normalized spacial score (nSPS) is 15.5. The van der Waals surface area contributed by atoms with E-state index in [0.717, 1.165) is 11.1 Å². The SMILES string of the molecule is Cc1nc2ccc(Cl)nn2c1C(=O)N[C@H]1N=C(c2ccccc2)c2ccccc2NC1=O. The number of imidazole rings is 1. The van der Waals surface area contributed by atoms with Gasteiger partial charge in [-0.2, -0.15) is 5.10 Å². The maximum absolute atomic E-state index is 13.2. The molecule has 0 saturated heterocycles. The molecule has 158 valence electrons. The molecule has 0 saturated carbocycles. The molecule has 2 aromatic heterocycles. The summed E-state index contributed by atoms with van der Waals surface area (Å²) in [5, 5.41) is 9.96. The Morgan fingerprint density at radius 2 is 1.81 bits per heavy atom. The molecule has 0 spiro atoms. The number of aryl methyl sites for hydroxylation is 1. The van der Waals surface area contributed by atoms with Crippen molar-refractivity contribution in [2.45, 2.75) is 13.1 Å². The average Bonchev–Trinajstić information content (AvgIpc) is 3.04. The Hall–Kier alpha value is -4.04. The van der Waals surface area contributed by atoms with Gasteiger partial charge in [-0.05, 0) is 25.1 Å². The second-order valence-electron chi connectivity index (χ2n) is 7.23. The number of benzodiazepines with no additional fused rings is 1. The van der Waals surface area contributed by atoms with Gasteiger partial charge in [-0.1, -0.05) is 60.1 Å². The zero-order valence-electron chi connectivity index (χ0n) is 16.9. The van der Waals surface area contributed by atoms with Crippen molar-refractivity contribution in [1.29, 1.82) is 0 Å². The summed E-state index contributed by atoms with van der Waals surface area (Å²) < 4.78 is 1.36. The van der Waals surface area contributed by atoms with Gasteiger partial charge in [0.1, 0.15) is 5.15 Å². The lowest BCUT2D eigenvalue weighted by atomic mass is 10.0. The lowest BCUT2D eigenvalue weighted by Crippen LogP contribution is -2.43. The summed E-state index contributed by atoms with van der Waals surface area (Å²) in [5.41, 5.74) is 3.94. The molecule has 0 unspecified atom stereocenters. The van der Waals surface area contributed by atoms with Crippen LogP contribution in [0, 0.1) is 6.92 Å². The number of benzene rings is 2. The molecule has 2 aromatic carbocycles. The molecule has 0 aliphatic carbocycles. The number of anilines is 1. The molecular formula is C23H17ClN6O2. The monoisotopic (exact) mass is 444 g/mol. The number of carbonyl (C=O) groups excluding carboxylic acids is 2. The molecule has 5 rings (SSSR count). The molecule has 9 heteroatoms. The predicted molar refractivity (Wildman–Crippen MR) is 121 cm³/mol. The van der Waals surface area contributed by atoms with Crippen molar-refractivity contribution in [3.05, 3.63) is 94.4 Å². The van der Waals surface area contributed by atoms with Crippen molar-refractivity contribution >= 4 is 40.5 Å². The molecule has 2 amide bonds. The zero-order chi connectivity index (χ0) is 22.2. The number of aliphatic imine (C=N–C) groups is 1. The number of amides is 2. The van der Waals surface area contributed by atoms with Crippen LogP contribution in [0.3, 0.4) is 0 Å². The van der Waals surface area contributed by atoms with E-state index in [9.17, 15) is 9.59 Å². The molecule has 1 aliphatic rings. The Balaban J connectivity index is 1.57. The minimum Gasteiger partial charge on any atom is -0.322 e. The molecule has 3 heterocycles. The van der Waals surface area contributed by atoms with Gasteiger partial charge in [0.2, 0.25) is 6.17 Å². The smallest absolute Gasteiger partial charge is 0.273 e. The third-order valence-electron chi connectivity index (χ3n) is 5.10. The molecule has 1 atom stereocenters. The van der Waals surface area contributed by atoms with E-state index in [1.54, 1.807) is 25.1 Å². The topological polar surface area (TPSA) is 101 Å². The molecule has 0 radical (unpaired) electrons. The fourth-order valence-corrected chi connectivity index (χ4v) is 3.79. The van der Waals surface area contributed by atoms with Gasteiger partial charge in [0.25, 0.3) is 11.8 Å². The van der Waals surface area contributed by atoms with Crippen LogP contribution in [0.25, 0.3) is 5.65 Å². The Kier molecular flexibility index (Phi) is 4.91. The van der Waals surface area contributed by atoms with Crippen LogP contribution in [0.1, 0.15) is 27.3 Å². The minimum atomic E-state index is -1.16. The van der Waals surface area contributed by atoms with E-state index < -0.39 is 18.0 Å². The summed E-state index contributed by atoms with van der Waals surface area (Å²) in [6, 6.07) is 20.2. The van der Waals surface area contributed by atoms with Crippen LogP contribution in [0.15, 0.2) is 71.7 Å². The first kappa shape index (κ1) is 19.9. The van der Waals surface area contributed by atoms with Crippen LogP contribution < -0.4 is 10.6 Å². The lowest BCUT2D eigenvalue weighted by molar-refractivity contribution is -0.117. The largest absolute Gasteiger partial charge is 0.322 e. The molecule has 0 bridgehead atoms. The van der Waals surface area contributed by atoms with Crippen LogP contribution >= 0.6 is 11.6 Å². The standard InChI is InChI=1S/C23H17ClN6O2/c1-13-20(30-18(25-13)12-11-17(24)29-30)22(31)28-21-23(32)26-16-10-6-5-9-15(16)19(27-21)14-7-3-2-4-8-14/h2-12,21H,1H3,(H,26,32)(H,28,31)/t21-/m1/s1. The van der Waals surface area contributed by atoms with Crippen LogP contribution in [-0.4, -0.2) is 38.3 Å². The number of carbonyl (C=O) groups is 2. The number of fused-ring (bicyclic) bond motifs is 2. The highest BCUT2D eigenvalue weighted by molar-refractivity contribution is 6.29. The highest BCUT2D eigenvalue weighted by Gasteiger charge is 2.29. The molecule has 0 fully saturated rings. The second kappa shape index (κ2) is 7.90. The van der Waals surface area contributed by atoms with Gasteiger partial charge in [-0.15, -0.1) is 0 Å². The summed E-state index contributed by atoms with van der Waals surface area (Å²) in [6.07, 6.45) is -1.16. The number of hydrogen-bond donors (Lipinski definition) is 2. The van der Waals surface area contributed by atoms with Gasteiger partial charge in [0.15, 0.2) is 11.3 Å². The van der Waals surface area contributed by atoms with Crippen LogP contribution in [0.4, 0.5) is 5.69 Å². The Bertz CT molecular complexity index is 1400. The molecule has 32 heavy (non-hydrogen) atoms. The van der Waals surface area contributed by atoms with Gasteiger partial charge in [0, 0.05) is 11.1 Å². The Morgan fingerprint density at radius 1 is 1.06 bits per heavy atom. The van der Waals surface area contributed by atoms with Crippen LogP contribution in [0.2, 0.25) is 5.15 Å². The van der Waals surface area contributed by atoms with Crippen molar-refractivity contribution in [3.8, 4) is 0 Å². The van der Waals surface area contributed by atoms with Crippen LogP contribution in [-0.2, 0) is 4.79 Å². The first-order valence-corrected chi connectivity index (χ1v) is 10.3. The molecule has 2 N–H and O–H groups in total. The third-order valence-corrected chi connectivity index (χ3v) is 5.30. The molecule has 4 aromatic rings. The quantitative estimate of drug-likeness (QED) is 0.506. The number of para-hydroxylation sites is 1. The number of hydrogen-bond acceptors (Lipinski definition) is 5. The first-order valence-electron chi connectivity index (χ1n) is 9.87. The fraction of sp³-hybridized carbons (Fsp3) is 0.0870. The van der Waals surface area contributed by atoms with Gasteiger partial charge in [0.05, 0.1) is 17.1 Å². The number of aromatic nitrogens is 3. The molecule has 8 nitrogen and oxygen atoms in total. The number of rotatable bonds is 3. The summed E-state index contributed by atoms with van der Waals surface area (Å²) in [6.45, 7) is 1.69. The van der Waals surface area contributed by atoms with E-state index in [0.29, 0.717) is 22.7 Å². The predicted octanol–water partition coefficient (Wildman–Crippen LogP) is 3.24. The average molecular weight is 445 g/mol. The molecule has 1 aliphatic heterocycles. The molecular weight excluding hydrogens is 428 g/mol. The summed E-state index contributed by atoms with van der Waals surface area (Å²) in [7, 11) is 0. The van der Waals surface area contributed by atoms with Crippen molar-refractivity contribution in [2.24, 2.45) is 4.99 Å². The Morgan fingerprint density at radius 3 is 2.62 bits per heavy atom. The minimum absolute atomic E-state index is 0.188.